The van der Waals surface area contributed by atoms with Crippen LogP contribution in [0.2, 0.25) is 0 Å². The summed E-state index contributed by atoms with van der Waals surface area (Å²) >= 11 is 0. The van der Waals surface area contributed by atoms with Gasteiger partial charge in [-0.05, 0) is 48.1 Å². The van der Waals surface area contributed by atoms with Gasteiger partial charge in [0, 0.05) is 0 Å². The summed E-state index contributed by atoms with van der Waals surface area (Å²) in [6, 6.07) is 13.0. The predicted octanol–water partition coefficient (Wildman–Crippen LogP) is 4.94. The van der Waals surface area contributed by atoms with Crippen molar-refractivity contribution in [1.29, 1.82) is 0 Å². The molecule has 0 spiro atoms. The van der Waals surface area contributed by atoms with Crippen molar-refractivity contribution in [3.63, 3.8) is 0 Å². The molecule has 0 radical (unpaired) electrons. The highest BCUT2D eigenvalue weighted by atomic mass is 15.1. The SMILES string of the molecule is Cc1cc(C)c2ncn(-c3ccccc3C(C)(C)C)c2c1. The van der Waals surface area contributed by atoms with E-state index >= 15 is 0 Å². The van der Waals surface area contributed by atoms with E-state index < -0.39 is 0 Å². The molecular formula is C19H22N2. The molecule has 0 N–H and O–H groups in total. The minimum atomic E-state index is 0.103. The zero-order valence-electron chi connectivity index (χ0n) is 13.4. The summed E-state index contributed by atoms with van der Waals surface area (Å²) in [7, 11) is 0. The van der Waals surface area contributed by atoms with Crippen molar-refractivity contribution in [3.05, 3.63) is 59.4 Å². The Morgan fingerprint density at radius 2 is 1.71 bits per heavy atom. The second-order valence-corrected chi connectivity index (χ2v) is 6.83. The summed E-state index contributed by atoms with van der Waals surface area (Å²) in [4.78, 5) is 4.62. The fourth-order valence-electron chi connectivity index (χ4n) is 2.98. The van der Waals surface area contributed by atoms with Crippen molar-refractivity contribution in [1.82, 2.24) is 9.55 Å². The van der Waals surface area contributed by atoms with Crippen molar-refractivity contribution in [2.45, 2.75) is 40.0 Å². The fraction of sp³-hybridized carbons (Fsp3) is 0.316. The summed E-state index contributed by atoms with van der Waals surface area (Å²) in [5, 5.41) is 0. The van der Waals surface area contributed by atoms with Crippen LogP contribution in [-0.2, 0) is 5.41 Å². The number of nitrogens with zero attached hydrogens (tertiary/aromatic N) is 2. The van der Waals surface area contributed by atoms with E-state index in [0.717, 1.165) is 5.52 Å². The van der Waals surface area contributed by atoms with Gasteiger partial charge >= 0.3 is 0 Å². The Morgan fingerprint density at radius 3 is 2.43 bits per heavy atom. The Balaban J connectivity index is 2.32. The Kier molecular flexibility index (Phi) is 3.12. The first-order chi connectivity index (χ1) is 9.88. The van der Waals surface area contributed by atoms with E-state index in [1.807, 2.05) is 6.33 Å². The zero-order valence-corrected chi connectivity index (χ0v) is 13.4. The van der Waals surface area contributed by atoms with Crippen LogP contribution >= 0.6 is 0 Å². The molecule has 21 heavy (non-hydrogen) atoms. The molecule has 2 aromatic carbocycles. The summed E-state index contributed by atoms with van der Waals surface area (Å²) in [6.45, 7) is 11.0. The number of aromatic nitrogens is 2. The molecule has 0 saturated heterocycles. The van der Waals surface area contributed by atoms with Crippen molar-refractivity contribution in [3.8, 4) is 5.69 Å². The smallest absolute Gasteiger partial charge is 0.100 e. The maximum atomic E-state index is 4.62. The lowest BCUT2D eigenvalue weighted by molar-refractivity contribution is 0.587. The van der Waals surface area contributed by atoms with E-state index in [2.05, 4.69) is 80.6 Å². The third-order valence-corrected chi connectivity index (χ3v) is 3.96. The second kappa shape index (κ2) is 4.73. The van der Waals surface area contributed by atoms with Crippen LogP contribution in [0.4, 0.5) is 0 Å². The van der Waals surface area contributed by atoms with Crippen LogP contribution in [0.3, 0.4) is 0 Å². The molecule has 0 bridgehead atoms. The first kappa shape index (κ1) is 13.9. The van der Waals surface area contributed by atoms with Crippen molar-refractivity contribution in [2.24, 2.45) is 0 Å². The van der Waals surface area contributed by atoms with Gasteiger partial charge in [0.2, 0.25) is 0 Å². The van der Waals surface area contributed by atoms with Gasteiger partial charge in [0.25, 0.3) is 0 Å². The molecule has 108 valence electrons. The quantitative estimate of drug-likeness (QED) is 0.616. The average molecular weight is 278 g/mol. The van der Waals surface area contributed by atoms with E-state index in [0.29, 0.717) is 0 Å². The minimum Gasteiger partial charge on any atom is -0.299 e. The normalized spacial score (nSPS) is 12.0. The largest absolute Gasteiger partial charge is 0.299 e. The van der Waals surface area contributed by atoms with Crippen LogP contribution in [-0.4, -0.2) is 9.55 Å². The average Bonchev–Trinajstić information content (AvgIpc) is 2.81. The minimum absolute atomic E-state index is 0.103. The molecule has 3 aromatic rings. The maximum absolute atomic E-state index is 4.62. The Bertz CT molecular complexity index is 804. The van der Waals surface area contributed by atoms with Gasteiger partial charge in [-0.3, -0.25) is 4.57 Å². The van der Waals surface area contributed by atoms with E-state index in [9.17, 15) is 0 Å². The zero-order chi connectivity index (χ0) is 15.2. The van der Waals surface area contributed by atoms with E-state index in [1.165, 1.54) is 27.9 Å². The van der Waals surface area contributed by atoms with Gasteiger partial charge in [0.1, 0.15) is 6.33 Å². The second-order valence-electron chi connectivity index (χ2n) is 6.83. The van der Waals surface area contributed by atoms with Gasteiger partial charge in [-0.2, -0.15) is 0 Å². The molecule has 3 rings (SSSR count). The lowest BCUT2D eigenvalue weighted by Gasteiger charge is -2.23. The molecule has 0 saturated carbocycles. The summed E-state index contributed by atoms with van der Waals surface area (Å²) < 4.78 is 2.22. The molecule has 2 heteroatoms. The lowest BCUT2D eigenvalue weighted by Crippen LogP contribution is -2.14. The topological polar surface area (TPSA) is 17.8 Å². The first-order valence-corrected chi connectivity index (χ1v) is 7.42. The molecule has 0 aliphatic carbocycles. The number of hydrogen-bond acceptors (Lipinski definition) is 1. The molecular weight excluding hydrogens is 256 g/mol. The molecule has 2 nitrogen and oxygen atoms in total. The molecule has 0 atom stereocenters. The molecule has 1 heterocycles. The molecule has 0 unspecified atom stereocenters. The van der Waals surface area contributed by atoms with Crippen LogP contribution in [0.5, 0.6) is 0 Å². The highest BCUT2D eigenvalue weighted by Crippen LogP contribution is 2.31. The van der Waals surface area contributed by atoms with Crippen molar-refractivity contribution >= 4 is 11.0 Å². The maximum Gasteiger partial charge on any atom is 0.100 e. The highest BCUT2D eigenvalue weighted by Gasteiger charge is 2.19. The first-order valence-electron chi connectivity index (χ1n) is 7.42. The number of para-hydroxylation sites is 1. The number of benzene rings is 2. The Labute approximate surface area is 126 Å². The third kappa shape index (κ3) is 2.35. The monoisotopic (exact) mass is 278 g/mol. The van der Waals surface area contributed by atoms with E-state index in [1.54, 1.807) is 0 Å². The Hall–Kier alpha value is -2.09. The van der Waals surface area contributed by atoms with Gasteiger partial charge in [0.05, 0.1) is 16.7 Å². The van der Waals surface area contributed by atoms with Gasteiger partial charge in [-0.25, -0.2) is 4.98 Å². The van der Waals surface area contributed by atoms with Crippen LogP contribution in [0.1, 0.15) is 37.5 Å². The van der Waals surface area contributed by atoms with Crippen LogP contribution < -0.4 is 0 Å². The number of aryl methyl sites for hydroxylation is 2. The van der Waals surface area contributed by atoms with Crippen LogP contribution in [0.25, 0.3) is 16.7 Å². The highest BCUT2D eigenvalue weighted by molar-refractivity contribution is 5.81. The fourth-order valence-corrected chi connectivity index (χ4v) is 2.98. The lowest BCUT2D eigenvalue weighted by atomic mass is 9.85. The number of rotatable bonds is 1. The predicted molar refractivity (Wildman–Crippen MR) is 89.2 cm³/mol. The van der Waals surface area contributed by atoms with Gasteiger partial charge in [-0.1, -0.05) is 45.0 Å². The molecule has 0 aliphatic heterocycles. The van der Waals surface area contributed by atoms with Gasteiger partial charge in [-0.15, -0.1) is 0 Å². The molecule has 1 aromatic heterocycles. The summed E-state index contributed by atoms with van der Waals surface area (Å²) in [5.74, 6) is 0. The van der Waals surface area contributed by atoms with Gasteiger partial charge in [0.15, 0.2) is 0 Å². The molecule has 0 fully saturated rings. The standard InChI is InChI=1S/C19H22N2/c1-13-10-14(2)18-17(11-13)21(12-20-18)16-9-7-6-8-15(16)19(3,4)5/h6-12H,1-5H3. The van der Waals surface area contributed by atoms with E-state index in [4.69, 9.17) is 0 Å². The summed E-state index contributed by atoms with van der Waals surface area (Å²) in [6.07, 6.45) is 1.95. The van der Waals surface area contributed by atoms with Crippen molar-refractivity contribution < 1.29 is 0 Å². The molecule has 0 amide bonds. The van der Waals surface area contributed by atoms with Crippen molar-refractivity contribution in [2.75, 3.05) is 0 Å². The summed E-state index contributed by atoms with van der Waals surface area (Å²) in [5.41, 5.74) is 7.44. The van der Waals surface area contributed by atoms with E-state index in [-0.39, 0.29) is 5.41 Å². The Morgan fingerprint density at radius 1 is 1.00 bits per heavy atom. The van der Waals surface area contributed by atoms with Gasteiger partial charge < -0.3 is 0 Å². The van der Waals surface area contributed by atoms with Crippen LogP contribution in [0.15, 0.2) is 42.7 Å². The van der Waals surface area contributed by atoms with Crippen LogP contribution in [0, 0.1) is 13.8 Å². The molecule has 0 aliphatic rings. The number of imidazole rings is 1. The number of fused-ring (bicyclic) bond motifs is 1. The third-order valence-electron chi connectivity index (χ3n) is 3.96. The number of hydrogen-bond donors (Lipinski definition) is 0.